The Morgan fingerprint density at radius 3 is 2.90 bits per heavy atom. The Hall–Kier alpha value is -2.30. The second-order valence-electron chi connectivity index (χ2n) is 8.16. The number of likely N-dealkylation sites (N-methyl/N-ethyl adjacent to an activating group) is 1. The highest BCUT2D eigenvalue weighted by Crippen LogP contribution is 2.30. The van der Waals surface area contributed by atoms with Gasteiger partial charge in [-0.05, 0) is 67.8 Å². The molecule has 0 bridgehead atoms. The maximum atomic E-state index is 12.8. The molecule has 0 spiro atoms. The van der Waals surface area contributed by atoms with E-state index in [0.29, 0.717) is 22.4 Å². The molecule has 1 atom stereocenters. The van der Waals surface area contributed by atoms with E-state index in [1.807, 2.05) is 6.07 Å². The van der Waals surface area contributed by atoms with Gasteiger partial charge in [0.05, 0.1) is 23.8 Å². The third-order valence-corrected chi connectivity index (χ3v) is 6.61. The molecule has 4 N–H and O–H groups in total. The molecule has 2 fully saturated rings. The molecular formula is C21H29BrN8O. The number of anilines is 3. The first-order valence-electron chi connectivity index (χ1n) is 10.7. The van der Waals surface area contributed by atoms with Crippen molar-refractivity contribution in [3.8, 4) is 0 Å². The number of pyridine rings is 1. The predicted molar refractivity (Wildman–Crippen MR) is 125 cm³/mol. The standard InChI is InChI=1S/C21H29BrN8O/c1-29(14-4-7-24-8-5-14)15-3-2-10-30(13-15)17-6-9-25-11-16(17)27-21(31)19-20(23)26-12-18(22)28-19/h6,9,11-12,14-15,24H,2-5,7-8,10,13H2,1H3,(H2,23,26)(H,27,31). The number of amides is 1. The molecule has 2 aromatic heterocycles. The lowest BCUT2D eigenvalue weighted by atomic mass is 9.98. The molecule has 2 aromatic rings. The Labute approximate surface area is 191 Å². The average Bonchev–Trinajstić information content (AvgIpc) is 2.81. The van der Waals surface area contributed by atoms with Crippen LogP contribution in [0, 0.1) is 0 Å². The van der Waals surface area contributed by atoms with Gasteiger partial charge in [-0.15, -0.1) is 0 Å². The molecule has 0 radical (unpaired) electrons. The van der Waals surface area contributed by atoms with Crippen LogP contribution in [0.1, 0.15) is 36.2 Å². The molecule has 2 saturated heterocycles. The minimum Gasteiger partial charge on any atom is -0.382 e. The van der Waals surface area contributed by atoms with E-state index in [4.69, 9.17) is 5.73 Å². The summed E-state index contributed by atoms with van der Waals surface area (Å²) in [5, 5.41) is 6.38. The molecule has 0 aromatic carbocycles. The summed E-state index contributed by atoms with van der Waals surface area (Å²) in [4.78, 5) is 30.1. The van der Waals surface area contributed by atoms with Crippen molar-refractivity contribution in [2.24, 2.45) is 0 Å². The van der Waals surface area contributed by atoms with Crippen molar-refractivity contribution in [2.75, 3.05) is 49.2 Å². The van der Waals surface area contributed by atoms with E-state index in [9.17, 15) is 4.79 Å². The Balaban J connectivity index is 1.49. The van der Waals surface area contributed by atoms with Crippen LogP contribution in [-0.2, 0) is 0 Å². The summed E-state index contributed by atoms with van der Waals surface area (Å²) in [6, 6.07) is 3.07. The topological polar surface area (TPSA) is 112 Å². The normalized spacial score (nSPS) is 20.1. The molecule has 2 aliphatic rings. The van der Waals surface area contributed by atoms with Crippen molar-refractivity contribution >= 4 is 39.0 Å². The molecule has 4 heterocycles. The Morgan fingerprint density at radius 1 is 1.29 bits per heavy atom. The quantitative estimate of drug-likeness (QED) is 0.586. The number of nitrogen functional groups attached to an aromatic ring is 1. The van der Waals surface area contributed by atoms with Crippen LogP contribution < -0.4 is 21.3 Å². The summed E-state index contributed by atoms with van der Waals surface area (Å²) in [6.07, 6.45) is 9.59. The van der Waals surface area contributed by atoms with Crippen LogP contribution in [0.25, 0.3) is 0 Å². The average molecular weight is 489 g/mol. The van der Waals surface area contributed by atoms with Gasteiger partial charge >= 0.3 is 0 Å². The van der Waals surface area contributed by atoms with Crippen molar-refractivity contribution in [1.29, 1.82) is 0 Å². The Kier molecular flexibility index (Phi) is 6.99. The molecular weight excluding hydrogens is 460 g/mol. The second kappa shape index (κ2) is 9.88. The van der Waals surface area contributed by atoms with Crippen LogP contribution >= 0.6 is 15.9 Å². The van der Waals surface area contributed by atoms with Crippen molar-refractivity contribution in [3.63, 3.8) is 0 Å². The number of nitrogens with one attached hydrogen (secondary N) is 2. The SMILES string of the molecule is CN(C1CCNCC1)C1CCCN(c2ccncc2NC(=O)c2nc(Br)cnc2N)C1. The highest BCUT2D eigenvalue weighted by Gasteiger charge is 2.29. The lowest BCUT2D eigenvalue weighted by molar-refractivity contribution is 0.102. The van der Waals surface area contributed by atoms with E-state index >= 15 is 0 Å². The van der Waals surface area contributed by atoms with Crippen LogP contribution in [0.2, 0.25) is 0 Å². The van der Waals surface area contributed by atoms with E-state index in [0.717, 1.165) is 38.3 Å². The molecule has 10 heteroatoms. The minimum absolute atomic E-state index is 0.0892. The van der Waals surface area contributed by atoms with Crippen LogP contribution in [0.5, 0.6) is 0 Å². The van der Waals surface area contributed by atoms with Crippen LogP contribution in [0.15, 0.2) is 29.3 Å². The molecule has 1 unspecified atom stereocenters. The summed E-state index contributed by atoms with van der Waals surface area (Å²) < 4.78 is 0.457. The lowest BCUT2D eigenvalue weighted by Gasteiger charge is -2.43. The fraction of sp³-hybridized carbons (Fsp3) is 0.524. The number of carbonyl (C=O) groups excluding carboxylic acids is 1. The van der Waals surface area contributed by atoms with Crippen molar-refractivity contribution in [1.82, 2.24) is 25.2 Å². The first kappa shape index (κ1) is 21.9. The maximum Gasteiger partial charge on any atom is 0.278 e. The zero-order valence-corrected chi connectivity index (χ0v) is 19.3. The highest BCUT2D eigenvalue weighted by atomic mass is 79.9. The Bertz CT molecular complexity index is 920. The van der Waals surface area contributed by atoms with Gasteiger partial charge in [-0.3, -0.25) is 14.7 Å². The monoisotopic (exact) mass is 488 g/mol. The van der Waals surface area contributed by atoms with Crippen LogP contribution in [0.3, 0.4) is 0 Å². The van der Waals surface area contributed by atoms with E-state index in [1.165, 1.54) is 25.5 Å². The van der Waals surface area contributed by atoms with Gasteiger partial charge in [0.15, 0.2) is 11.5 Å². The number of nitrogens with zero attached hydrogens (tertiary/aromatic N) is 5. The molecule has 2 aliphatic heterocycles. The van der Waals surface area contributed by atoms with E-state index < -0.39 is 5.91 Å². The smallest absolute Gasteiger partial charge is 0.278 e. The first-order valence-corrected chi connectivity index (χ1v) is 11.5. The molecule has 4 rings (SSSR count). The fourth-order valence-corrected chi connectivity index (χ4v) is 4.78. The van der Waals surface area contributed by atoms with E-state index in [1.54, 1.807) is 12.4 Å². The number of hydrogen-bond donors (Lipinski definition) is 3. The van der Waals surface area contributed by atoms with Gasteiger partial charge in [0, 0.05) is 31.4 Å². The van der Waals surface area contributed by atoms with Gasteiger partial charge < -0.3 is 21.3 Å². The Morgan fingerprint density at radius 2 is 2.10 bits per heavy atom. The summed E-state index contributed by atoms with van der Waals surface area (Å²) >= 11 is 3.24. The third-order valence-electron chi connectivity index (χ3n) is 6.23. The van der Waals surface area contributed by atoms with Gasteiger partial charge in [0.25, 0.3) is 5.91 Å². The number of halogens is 1. The fourth-order valence-electron chi connectivity index (χ4n) is 4.50. The third kappa shape index (κ3) is 5.13. The van der Waals surface area contributed by atoms with E-state index in [-0.39, 0.29) is 11.5 Å². The summed E-state index contributed by atoms with van der Waals surface area (Å²) in [5.41, 5.74) is 7.56. The number of carbonyl (C=O) groups is 1. The van der Waals surface area contributed by atoms with Crippen LogP contribution in [-0.4, -0.2) is 71.1 Å². The molecule has 9 nitrogen and oxygen atoms in total. The largest absolute Gasteiger partial charge is 0.382 e. The van der Waals surface area contributed by atoms with Gasteiger partial charge in [-0.2, -0.15) is 0 Å². The van der Waals surface area contributed by atoms with Crippen molar-refractivity contribution in [2.45, 2.75) is 37.8 Å². The van der Waals surface area contributed by atoms with Crippen LogP contribution in [0.4, 0.5) is 17.2 Å². The second-order valence-corrected chi connectivity index (χ2v) is 8.97. The van der Waals surface area contributed by atoms with Crippen molar-refractivity contribution < 1.29 is 4.79 Å². The molecule has 166 valence electrons. The molecule has 0 aliphatic carbocycles. The van der Waals surface area contributed by atoms with Gasteiger partial charge in [0.1, 0.15) is 4.60 Å². The summed E-state index contributed by atoms with van der Waals surface area (Å²) in [5.74, 6) is -0.311. The maximum absolute atomic E-state index is 12.8. The van der Waals surface area contributed by atoms with E-state index in [2.05, 4.69) is 58.4 Å². The predicted octanol–water partition coefficient (Wildman–Crippen LogP) is 2.12. The number of aromatic nitrogens is 3. The number of rotatable bonds is 5. The molecule has 31 heavy (non-hydrogen) atoms. The van der Waals surface area contributed by atoms with Gasteiger partial charge in [0.2, 0.25) is 0 Å². The molecule has 0 saturated carbocycles. The lowest BCUT2D eigenvalue weighted by Crippen LogP contribution is -2.52. The number of hydrogen-bond acceptors (Lipinski definition) is 8. The minimum atomic E-state index is -0.402. The number of piperidine rings is 2. The molecule has 1 amide bonds. The summed E-state index contributed by atoms with van der Waals surface area (Å²) in [7, 11) is 2.26. The van der Waals surface area contributed by atoms with Gasteiger partial charge in [-0.1, -0.05) is 0 Å². The zero-order chi connectivity index (χ0) is 21.8. The number of nitrogens with two attached hydrogens (primary N) is 1. The highest BCUT2D eigenvalue weighted by molar-refractivity contribution is 9.10. The van der Waals surface area contributed by atoms with Gasteiger partial charge in [-0.25, -0.2) is 9.97 Å². The zero-order valence-electron chi connectivity index (χ0n) is 17.7. The van der Waals surface area contributed by atoms with Crippen molar-refractivity contribution in [3.05, 3.63) is 35.0 Å². The summed E-state index contributed by atoms with van der Waals surface area (Å²) in [6.45, 7) is 4.05. The first-order chi connectivity index (χ1) is 15.0.